The first-order valence-electron chi connectivity index (χ1n) is 7.40. The van der Waals surface area contributed by atoms with E-state index in [-0.39, 0.29) is 5.91 Å². The maximum absolute atomic E-state index is 11.9. The molecule has 5 heteroatoms. The van der Waals surface area contributed by atoms with Crippen LogP contribution in [0.15, 0.2) is 48.7 Å². The Kier molecular flexibility index (Phi) is 6.22. The molecular formula is C17H20ClN3O. The number of para-hydroxylation sites is 1. The highest BCUT2D eigenvalue weighted by atomic mass is 35.5. The third-order valence-electron chi connectivity index (χ3n) is 3.35. The van der Waals surface area contributed by atoms with Crippen molar-refractivity contribution in [3.8, 4) is 0 Å². The summed E-state index contributed by atoms with van der Waals surface area (Å²) in [6.07, 6.45) is 2.40. The van der Waals surface area contributed by atoms with E-state index in [2.05, 4.69) is 34.3 Å². The molecule has 0 fully saturated rings. The minimum absolute atomic E-state index is 0.190. The largest absolute Gasteiger partial charge is 0.372 e. The predicted molar refractivity (Wildman–Crippen MR) is 90.5 cm³/mol. The summed E-state index contributed by atoms with van der Waals surface area (Å²) in [6.45, 7) is 4.56. The van der Waals surface area contributed by atoms with Crippen molar-refractivity contribution in [3.63, 3.8) is 0 Å². The first-order chi connectivity index (χ1) is 10.7. The Morgan fingerprint density at radius 2 is 2.05 bits per heavy atom. The van der Waals surface area contributed by atoms with Crippen LogP contribution in [0.25, 0.3) is 0 Å². The smallest absolute Gasteiger partial charge is 0.269 e. The number of aromatic nitrogens is 1. The van der Waals surface area contributed by atoms with Gasteiger partial charge in [0.05, 0.1) is 0 Å². The Morgan fingerprint density at radius 1 is 1.27 bits per heavy atom. The number of hydrogen-bond donors (Lipinski definition) is 1. The fourth-order valence-electron chi connectivity index (χ4n) is 2.20. The minimum atomic E-state index is -0.190. The quantitative estimate of drug-likeness (QED) is 0.796. The zero-order valence-electron chi connectivity index (χ0n) is 12.6. The molecular weight excluding hydrogens is 298 g/mol. The van der Waals surface area contributed by atoms with Crippen LogP contribution in [0.4, 0.5) is 5.69 Å². The molecule has 0 atom stereocenters. The summed E-state index contributed by atoms with van der Waals surface area (Å²) in [5.41, 5.74) is 1.55. The van der Waals surface area contributed by atoms with Gasteiger partial charge in [-0.05, 0) is 37.6 Å². The molecule has 1 heterocycles. The van der Waals surface area contributed by atoms with E-state index < -0.39 is 0 Å². The van der Waals surface area contributed by atoms with Crippen molar-refractivity contribution in [1.82, 2.24) is 10.3 Å². The number of amides is 1. The normalized spacial score (nSPS) is 10.3. The summed E-state index contributed by atoms with van der Waals surface area (Å²) in [7, 11) is 0. The SMILES string of the molecule is CCN(CCCNC(=O)c1cc(Cl)ccn1)c1ccccc1. The highest BCUT2D eigenvalue weighted by molar-refractivity contribution is 6.30. The van der Waals surface area contributed by atoms with E-state index in [9.17, 15) is 4.79 Å². The topological polar surface area (TPSA) is 45.2 Å². The van der Waals surface area contributed by atoms with E-state index in [1.54, 1.807) is 12.1 Å². The molecule has 1 aromatic carbocycles. The number of rotatable bonds is 7. The molecule has 1 amide bonds. The van der Waals surface area contributed by atoms with Crippen molar-refractivity contribution >= 4 is 23.2 Å². The molecule has 0 aliphatic heterocycles. The van der Waals surface area contributed by atoms with Crippen LogP contribution in [0.5, 0.6) is 0 Å². The third kappa shape index (κ3) is 4.74. The van der Waals surface area contributed by atoms with E-state index >= 15 is 0 Å². The van der Waals surface area contributed by atoms with Gasteiger partial charge < -0.3 is 10.2 Å². The zero-order chi connectivity index (χ0) is 15.8. The lowest BCUT2D eigenvalue weighted by Crippen LogP contribution is -2.30. The van der Waals surface area contributed by atoms with Crippen LogP contribution in [0, 0.1) is 0 Å². The molecule has 0 spiro atoms. The number of benzene rings is 1. The fraction of sp³-hybridized carbons (Fsp3) is 0.294. The van der Waals surface area contributed by atoms with Crippen LogP contribution < -0.4 is 10.2 Å². The van der Waals surface area contributed by atoms with Crippen molar-refractivity contribution in [2.75, 3.05) is 24.5 Å². The maximum atomic E-state index is 11.9. The molecule has 4 nitrogen and oxygen atoms in total. The van der Waals surface area contributed by atoms with Gasteiger partial charge in [0.2, 0.25) is 0 Å². The molecule has 0 saturated carbocycles. The van der Waals surface area contributed by atoms with Gasteiger partial charge in [-0.1, -0.05) is 29.8 Å². The van der Waals surface area contributed by atoms with Crippen LogP contribution in [0.2, 0.25) is 5.02 Å². The molecule has 0 aliphatic rings. The second-order valence-corrected chi connectivity index (χ2v) is 5.32. The number of halogens is 1. The van der Waals surface area contributed by atoms with Gasteiger partial charge in [-0.3, -0.25) is 9.78 Å². The summed E-state index contributed by atoms with van der Waals surface area (Å²) >= 11 is 5.85. The zero-order valence-corrected chi connectivity index (χ0v) is 13.4. The van der Waals surface area contributed by atoms with Crippen molar-refractivity contribution in [3.05, 3.63) is 59.4 Å². The van der Waals surface area contributed by atoms with Crippen LogP contribution in [0.1, 0.15) is 23.8 Å². The van der Waals surface area contributed by atoms with E-state index in [1.165, 1.54) is 11.9 Å². The van der Waals surface area contributed by atoms with E-state index in [0.717, 1.165) is 19.5 Å². The Hall–Kier alpha value is -2.07. The standard InChI is InChI=1S/C17H20ClN3O/c1-2-21(15-7-4-3-5-8-15)12-6-10-20-17(22)16-13-14(18)9-11-19-16/h3-5,7-9,11,13H,2,6,10,12H2,1H3,(H,20,22). The van der Waals surface area contributed by atoms with Crippen molar-refractivity contribution < 1.29 is 4.79 Å². The molecule has 2 rings (SSSR count). The Balaban J connectivity index is 1.78. The monoisotopic (exact) mass is 317 g/mol. The molecule has 0 bridgehead atoms. The summed E-state index contributed by atoms with van der Waals surface area (Å²) < 4.78 is 0. The number of anilines is 1. The summed E-state index contributed by atoms with van der Waals surface area (Å²) in [5, 5.41) is 3.39. The van der Waals surface area contributed by atoms with Crippen molar-refractivity contribution in [2.24, 2.45) is 0 Å². The number of carbonyl (C=O) groups excluding carboxylic acids is 1. The average Bonchev–Trinajstić information content (AvgIpc) is 2.55. The summed E-state index contributed by atoms with van der Waals surface area (Å²) in [6, 6.07) is 13.5. The van der Waals surface area contributed by atoms with Crippen molar-refractivity contribution in [1.29, 1.82) is 0 Å². The number of pyridine rings is 1. The molecule has 22 heavy (non-hydrogen) atoms. The molecule has 0 unspecified atom stereocenters. The first kappa shape index (κ1) is 16.3. The summed E-state index contributed by atoms with van der Waals surface area (Å²) in [4.78, 5) is 18.2. The van der Waals surface area contributed by atoms with Gasteiger partial charge >= 0.3 is 0 Å². The molecule has 0 radical (unpaired) electrons. The molecule has 0 saturated heterocycles. The lowest BCUT2D eigenvalue weighted by Gasteiger charge is -2.23. The Labute approximate surface area is 136 Å². The molecule has 1 N–H and O–H groups in total. The second kappa shape index (κ2) is 8.39. The van der Waals surface area contributed by atoms with Gasteiger partial charge in [-0.15, -0.1) is 0 Å². The molecule has 2 aromatic rings. The second-order valence-electron chi connectivity index (χ2n) is 4.88. The van der Waals surface area contributed by atoms with Gasteiger partial charge in [0.15, 0.2) is 0 Å². The van der Waals surface area contributed by atoms with Gasteiger partial charge in [0.1, 0.15) is 5.69 Å². The van der Waals surface area contributed by atoms with Crippen LogP contribution in [0.3, 0.4) is 0 Å². The number of carbonyl (C=O) groups is 1. The number of nitrogens with zero attached hydrogens (tertiary/aromatic N) is 2. The van der Waals surface area contributed by atoms with Gasteiger partial charge in [0.25, 0.3) is 5.91 Å². The highest BCUT2D eigenvalue weighted by Gasteiger charge is 2.07. The average molecular weight is 318 g/mol. The number of hydrogen-bond acceptors (Lipinski definition) is 3. The summed E-state index contributed by atoms with van der Waals surface area (Å²) in [5.74, 6) is -0.190. The highest BCUT2D eigenvalue weighted by Crippen LogP contribution is 2.12. The van der Waals surface area contributed by atoms with E-state index in [4.69, 9.17) is 11.6 Å². The van der Waals surface area contributed by atoms with Crippen LogP contribution in [-0.2, 0) is 0 Å². The lowest BCUT2D eigenvalue weighted by molar-refractivity contribution is 0.0948. The van der Waals surface area contributed by atoms with Gasteiger partial charge in [-0.2, -0.15) is 0 Å². The molecule has 1 aromatic heterocycles. The van der Waals surface area contributed by atoms with Crippen molar-refractivity contribution in [2.45, 2.75) is 13.3 Å². The lowest BCUT2D eigenvalue weighted by atomic mass is 10.2. The van der Waals surface area contributed by atoms with E-state index in [1.807, 2.05) is 18.2 Å². The Bertz CT molecular complexity index is 604. The molecule has 116 valence electrons. The minimum Gasteiger partial charge on any atom is -0.372 e. The van der Waals surface area contributed by atoms with Crippen LogP contribution >= 0.6 is 11.6 Å². The maximum Gasteiger partial charge on any atom is 0.269 e. The third-order valence-corrected chi connectivity index (χ3v) is 3.58. The number of nitrogens with one attached hydrogen (secondary N) is 1. The fourth-order valence-corrected chi connectivity index (χ4v) is 2.36. The predicted octanol–water partition coefficient (Wildman–Crippen LogP) is 3.38. The molecule has 0 aliphatic carbocycles. The van der Waals surface area contributed by atoms with Crippen LogP contribution in [-0.4, -0.2) is 30.5 Å². The van der Waals surface area contributed by atoms with Gasteiger partial charge in [0, 0.05) is 36.5 Å². The van der Waals surface area contributed by atoms with Gasteiger partial charge in [-0.25, -0.2) is 0 Å². The Morgan fingerprint density at radius 3 is 2.73 bits per heavy atom. The van der Waals surface area contributed by atoms with E-state index in [0.29, 0.717) is 17.3 Å². The first-order valence-corrected chi connectivity index (χ1v) is 7.78.